The van der Waals surface area contributed by atoms with E-state index in [1.165, 1.54) is 35.7 Å². The van der Waals surface area contributed by atoms with Crippen molar-refractivity contribution < 1.29 is 14.4 Å². The number of likely N-dealkylation sites (N-methyl/N-ethyl adjacent to an activating group) is 1. The van der Waals surface area contributed by atoms with Crippen LogP contribution in [-0.2, 0) is 9.59 Å². The molecule has 2 saturated heterocycles. The molecule has 0 bridgehead atoms. The van der Waals surface area contributed by atoms with Crippen LogP contribution in [0.5, 0.6) is 0 Å². The highest BCUT2D eigenvalue weighted by Gasteiger charge is 2.46. The lowest BCUT2D eigenvalue weighted by molar-refractivity contribution is -0.127. The summed E-state index contributed by atoms with van der Waals surface area (Å²) in [7, 11) is 0. The van der Waals surface area contributed by atoms with Gasteiger partial charge in [-0.25, -0.2) is 0 Å². The van der Waals surface area contributed by atoms with Gasteiger partial charge in [0.2, 0.25) is 5.91 Å². The summed E-state index contributed by atoms with van der Waals surface area (Å²) in [4.78, 5) is 42.0. The molecule has 10 heteroatoms. The summed E-state index contributed by atoms with van der Waals surface area (Å²) in [5.41, 5.74) is 0.689. The molecule has 0 spiro atoms. The van der Waals surface area contributed by atoms with E-state index in [1.54, 1.807) is 19.1 Å². The van der Waals surface area contributed by atoms with Crippen LogP contribution in [-0.4, -0.2) is 72.0 Å². The summed E-state index contributed by atoms with van der Waals surface area (Å²) < 4.78 is 0. The number of amides is 3. The van der Waals surface area contributed by atoms with Gasteiger partial charge in [0, 0.05) is 42.5 Å². The summed E-state index contributed by atoms with van der Waals surface area (Å²) in [6.45, 7) is 14.1. The van der Waals surface area contributed by atoms with Crippen molar-refractivity contribution in [1.29, 1.82) is 5.26 Å². The summed E-state index contributed by atoms with van der Waals surface area (Å²) in [6, 6.07) is 9.24. The van der Waals surface area contributed by atoms with Crippen LogP contribution < -0.4 is 16.0 Å². The fourth-order valence-corrected chi connectivity index (χ4v) is 5.92. The predicted octanol–water partition coefficient (Wildman–Crippen LogP) is 3.30. The summed E-state index contributed by atoms with van der Waals surface area (Å²) >= 11 is 1.20. The maximum Gasteiger partial charge on any atom is 0.264 e. The lowest BCUT2D eigenvalue weighted by atomic mass is 9.88. The van der Waals surface area contributed by atoms with Crippen molar-refractivity contribution in [3.63, 3.8) is 0 Å². The van der Waals surface area contributed by atoms with Crippen LogP contribution in [0.15, 0.2) is 47.6 Å². The Morgan fingerprint density at radius 1 is 1.26 bits per heavy atom. The minimum atomic E-state index is -0.555. The SMILES string of the molecule is C=CN1C(=O)C(C(C)(C)CNc2cccc(C(=O)NCCCN3CCCC3)c2)S/C1=C(/C#N)C(=O)NCC. The van der Waals surface area contributed by atoms with E-state index < -0.39 is 16.6 Å². The van der Waals surface area contributed by atoms with E-state index in [4.69, 9.17) is 0 Å². The third kappa shape index (κ3) is 7.17. The molecular weight excluding hydrogens is 500 g/mol. The largest absolute Gasteiger partial charge is 0.384 e. The second-order valence-electron chi connectivity index (χ2n) is 10.1. The number of hydrogen-bond acceptors (Lipinski definition) is 7. The van der Waals surface area contributed by atoms with Crippen molar-refractivity contribution in [1.82, 2.24) is 20.4 Å². The second-order valence-corrected chi connectivity index (χ2v) is 11.2. The molecule has 2 aliphatic rings. The highest BCUT2D eigenvalue weighted by molar-refractivity contribution is 8.04. The minimum absolute atomic E-state index is 0.101. The number of hydrogen-bond donors (Lipinski definition) is 3. The smallest absolute Gasteiger partial charge is 0.264 e. The van der Waals surface area contributed by atoms with Crippen LogP contribution >= 0.6 is 11.8 Å². The average Bonchev–Trinajstić information content (AvgIpc) is 3.54. The lowest BCUT2D eigenvalue weighted by Gasteiger charge is -2.29. The molecule has 2 heterocycles. The highest BCUT2D eigenvalue weighted by Crippen LogP contribution is 2.45. The fraction of sp³-hybridized carbons (Fsp3) is 0.500. The lowest BCUT2D eigenvalue weighted by Crippen LogP contribution is -2.39. The summed E-state index contributed by atoms with van der Waals surface area (Å²) in [6.07, 6.45) is 4.80. The van der Waals surface area contributed by atoms with Gasteiger partial charge in [0.05, 0.1) is 5.25 Å². The normalized spacial score (nSPS) is 19.2. The van der Waals surface area contributed by atoms with Crippen molar-refractivity contribution in [3.8, 4) is 6.07 Å². The third-order valence-electron chi connectivity index (χ3n) is 6.70. The third-order valence-corrected chi connectivity index (χ3v) is 8.40. The Balaban J connectivity index is 1.62. The topological polar surface area (TPSA) is 118 Å². The van der Waals surface area contributed by atoms with Crippen molar-refractivity contribution in [2.75, 3.05) is 44.6 Å². The van der Waals surface area contributed by atoms with Gasteiger partial charge in [0.25, 0.3) is 11.8 Å². The molecule has 38 heavy (non-hydrogen) atoms. The molecule has 1 aromatic rings. The molecule has 3 N–H and O–H groups in total. The van der Waals surface area contributed by atoms with Crippen molar-refractivity contribution in [2.24, 2.45) is 5.41 Å². The number of nitrogens with zero attached hydrogens (tertiary/aromatic N) is 3. The standard InChI is InChI=1S/C28H38N6O3S/c1-5-30-25(36)22(18-29)27-34(6-2)26(37)23(38-27)28(3,4)19-32-21-12-9-11-20(17-21)24(35)31-13-10-16-33-14-7-8-15-33/h6,9,11-12,17,23,32H,2,5,7-8,10,13-16,19H2,1,3-4H3,(H,30,36)(H,31,35)/b27-22-. The molecule has 204 valence electrons. The van der Waals surface area contributed by atoms with Crippen LogP contribution in [0, 0.1) is 16.7 Å². The molecule has 2 fully saturated rings. The van der Waals surface area contributed by atoms with Crippen LogP contribution in [0.25, 0.3) is 0 Å². The van der Waals surface area contributed by atoms with Crippen LogP contribution in [0.4, 0.5) is 5.69 Å². The molecule has 0 aromatic heterocycles. The van der Waals surface area contributed by atoms with E-state index in [-0.39, 0.29) is 17.4 Å². The van der Waals surface area contributed by atoms with Gasteiger partial charge in [0.1, 0.15) is 16.7 Å². The molecule has 1 aromatic carbocycles. The van der Waals surface area contributed by atoms with Crippen LogP contribution in [0.3, 0.4) is 0 Å². The zero-order chi connectivity index (χ0) is 27.7. The van der Waals surface area contributed by atoms with Gasteiger partial charge >= 0.3 is 0 Å². The molecule has 1 atom stereocenters. The Hall–Kier alpha value is -3.29. The van der Waals surface area contributed by atoms with Gasteiger partial charge < -0.3 is 20.9 Å². The van der Waals surface area contributed by atoms with Gasteiger partial charge in [-0.3, -0.25) is 19.3 Å². The van der Waals surface area contributed by atoms with Gasteiger partial charge in [-0.2, -0.15) is 5.26 Å². The van der Waals surface area contributed by atoms with Gasteiger partial charge in [-0.1, -0.05) is 38.3 Å². The van der Waals surface area contributed by atoms with Gasteiger partial charge in [-0.05, 0) is 64.0 Å². The Morgan fingerprint density at radius 2 is 2.00 bits per heavy atom. The second kappa shape index (κ2) is 13.5. The first-order valence-electron chi connectivity index (χ1n) is 13.1. The average molecular weight is 539 g/mol. The molecule has 2 aliphatic heterocycles. The van der Waals surface area contributed by atoms with Gasteiger partial charge in [-0.15, -0.1) is 0 Å². The Bertz CT molecular complexity index is 1120. The minimum Gasteiger partial charge on any atom is -0.384 e. The van der Waals surface area contributed by atoms with E-state index >= 15 is 0 Å². The first kappa shape index (κ1) is 29.3. The van der Waals surface area contributed by atoms with E-state index in [2.05, 4.69) is 27.4 Å². The number of anilines is 1. The zero-order valence-corrected chi connectivity index (χ0v) is 23.3. The van der Waals surface area contributed by atoms with E-state index in [0.29, 0.717) is 30.2 Å². The Kier molecular flexibility index (Phi) is 10.4. The van der Waals surface area contributed by atoms with Crippen molar-refractivity contribution in [3.05, 3.63) is 53.2 Å². The summed E-state index contributed by atoms with van der Waals surface area (Å²) in [5.74, 6) is -0.854. The van der Waals surface area contributed by atoms with Crippen LogP contribution in [0.2, 0.25) is 0 Å². The molecule has 0 saturated carbocycles. The highest BCUT2D eigenvalue weighted by atomic mass is 32.2. The summed E-state index contributed by atoms with van der Waals surface area (Å²) in [5, 5.41) is 18.3. The number of carbonyl (C=O) groups is 3. The maximum atomic E-state index is 13.2. The van der Waals surface area contributed by atoms with E-state index in [9.17, 15) is 19.6 Å². The number of carbonyl (C=O) groups excluding carboxylic acids is 3. The molecule has 9 nitrogen and oxygen atoms in total. The zero-order valence-electron chi connectivity index (χ0n) is 22.5. The molecule has 0 radical (unpaired) electrons. The number of benzene rings is 1. The first-order chi connectivity index (χ1) is 18.2. The first-order valence-corrected chi connectivity index (χ1v) is 14.0. The fourth-order valence-electron chi connectivity index (χ4n) is 4.54. The molecule has 1 unspecified atom stereocenters. The quantitative estimate of drug-likeness (QED) is 0.212. The number of nitrogens with one attached hydrogen (secondary N) is 3. The molecule has 0 aliphatic carbocycles. The Labute approximate surface area is 229 Å². The number of nitriles is 1. The van der Waals surface area contributed by atoms with Crippen LogP contribution in [0.1, 0.15) is 50.4 Å². The molecular formula is C28H38N6O3S. The molecule has 3 rings (SSSR count). The van der Waals surface area contributed by atoms with Crippen molar-refractivity contribution >= 4 is 35.2 Å². The molecule has 3 amide bonds. The maximum absolute atomic E-state index is 13.2. The van der Waals surface area contributed by atoms with Crippen molar-refractivity contribution in [2.45, 2.75) is 45.3 Å². The van der Waals surface area contributed by atoms with E-state index in [0.717, 1.165) is 31.7 Å². The number of rotatable bonds is 12. The number of thioether (sulfide) groups is 1. The predicted molar refractivity (Wildman–Crippen MR) is 151 cm³/mol. The van der Waals surface area contributed by atoms with E-state index in [1.807, 2.05) is 32.0 Å². The monoisotopic (exact) mass is 538 g/mol. The van der Waals surface area contributed by atoms with Gasteiger partial charge in [0.15, 0.2) is 0 Å². The number of likely N-dealkylation sites (tertiary alicyclic amines) is 1. The Morgan fingerprint density at radius 3 is 2.66 bits per heavy atom.